The second-order valence-electron chi connectivity index (χ2n) is 5.99. The SMILES string of the molecule is COc1cccc(NC(=O)c2ccc(N(C)CCc3ccncc3)nn2)c1. The standard InChI is InChI=1S/C20H21N5O2/c1-25(13-10-15-8-11-21-12-9-15)19-7-6-18(23-24-19)20(26)22-16-4-3-5-17(14-16)27-2/h3-9,11-12,14H,10,13H2,1-2H3,(H,22,26). The Labute approximate surface area is 158 Å². The van der Waals surface area contributed by atoms with E-state index in [0.717, 1.165) is 13.0 Å². The van der Waals surface area contributed by atoms with Crippen LogP contribution >= 0.6 is 0 Å². The van der Waals surface area contributed by atoms with Gasteiger partial charge in [-0.05, 0) is 48.4 Å². The zero-order chi connectivity index (χ0) is 19.1. The summed E-state index contributed by atoms with van der Waals surface area (Å²) < 4.78 is 5.15. The molecule has 0 saturated carbocycles. The zero-order valence-electron chi connectivity index (χ0n) is 15.3. The minimum atomic E-state index is -0.318. The molecule has 2 aromatic heterocycles. The van der Waals surface area contributed by atoms with Gasteiger partial charge in [0.05, 0.1) is 7.11 Å². The van der Waals surface area contributed by atoms with Crippen molar-refractivity contribution in [2.45, 2.75) is 6.42 Å². The van der Waals surface area contributed by atoms with E-state index in [9.17, 15) is 4.79 Å². The molecule has 0 radical (unpaired) electrons. The molecule has 27 heavy (non-hydrogen) atoms. The van der Waals surface area contributed by atoms with Crippen molar-refractivity contribution in [3.8, 4) is 5.75 Å². The number of rotatable bonds is 7. The van der Waals surface area contributed by atoms with E-state index in [1.807, 2.05) is 30.1 Å². The highest BCUT2D eigenvalue weighted by molar-refractivity contribution is 6.02. The van der Waals surface area contributed by atoms with Gasteiger partial charge in [-0.15, -0.1) is 10.2 Å². The van der Waals surface area contributed by atoms with E-state index >= 15 is 0 Å². The van der Waals surface area contributed by atoms with Crippen LogP contribution in [0.2, 0.25) is 0 Å². The fraction of sp³-hybridized carbons (Fsp3) is 0.200. The van der Waals surface area contributed by atoms with Crippen molar-refractivity contribution in [1.29, 1.82) is 0 Å². The van der Waals surface area contributed by atoms with Crippen LogP contribution in [-0.2, 0) is 6.42 Å². The number of carbonyl (C=O) groups is 1. The molecule has 0 unspecified atom stereocenters. The third-order valence-corrected chi connectivity index (χ3v) is 4.09. The molecule has 1 amide bonds. The molecule has 1 N–H and O–H groups in total. The van der Waals surface area contributed by atoms with Crippen molar-refractivity contribution < 1.29 is 9.53 Å². The Kier molecular flexibility index (Phi) is 5.94. The predicted octanol–water partition coefficient (Wildman–Crippen LogP) is 2.81. The van der Waals surface area contributed by atoms with Crippen LogP contribution in [0.4, 0.5) is 11.5 Å². The first kappa shape index (κ1) is 18.3. The van der Waals surface area contributed by atoms with Crippen LogP contribution in [0.1, 0.15) is 16.1 Å². The number of carbonyl (C=O) groups excluding carboxylic acids is 1. The lowest BCUT2D eigenvalue weighted by Crippen LogP contribution is -2.22. The fourth-order valence-electron chi connectivity index (χ4n) is 2.51. The maximum absolute atomic E-state index is 12.3. The van der Waals surface area contributed by atoms with E-state index in [1.54, 1.807) is 49.8 Å². The minimum absolute atomic E-state index is 0.254. The molecule has 2 heterocycles. The number of hydrogen-bond acceptors (Lipinski definition) is 6. The highest BCUT2D eigenvalue weighted by Gasteiger charge is 2.11. The lowest BCUT2D eigenvalue weighted by Gasteiger charge is -2.17. The Morgan fingerprint density at radius 1 is 1.11 bits per heavy atom. The van der Waals surface area contributed by atoms with Gasteiger partial charge in [-0.3, -0.25) is 9.78 Å². The van der Waals surface area contributed by atoms with E-state index in [1.165, 1.54) is 5.56 Å². The molecule has 138 valence electrons. The van der Waals surface area contributed by atoms with Crippen molar-refractivity contribution in [3.63, 3.8) is 0 Å². The molecule has 7 nitrogen and oxygen atoms in total. The molecule has 0 aliphatic rings. The van der Waals surface area contributed by atoms with E-state index in [-0.39, 0.29) is 11.6 Å². The van der Waals surface area contributed by atoms with Crippen LogP contribution < -0.4 is 15.0 Å². The van der Waals surface area contributed by atoms with E-state index in [4.69, 9.17) is 4.74 Å². The number of benzene rings is 1. The van der Waals surface area contributed by atoms with Crippen LogP contribution in [0, 0.1) is 0 Å². The summed E-state index contributed by atoms with van der Waals surface area (Å²) in [7, 11) is 3.53. The Hall–Kier alpha value is -3.48. The number of amides is 1. The molecule has 0 bridgehead atoms. The Balaban J connectivity index is 1.59. The summed E-state index contributed by atoms with van der Waals surface area (Å²) in [6, 6.07) is 14.6. The van der Waals surface area contributed by atoms with E-state index < -0.39 is 0 Å². The summed E-state index contributed by atoms with van der Waals surface area (Å²) in [6.07, 6.45) is 4.44. The van der Waals surface area contributed by atoms with Crippen LogP contribution in [0.5, 0.6) is 5.75 Å². The third kappa shape index (κ3) is 5.01. The van der Waals surface area contributed by atoms with Crippen LogP contribution in [0.25, 0.3) is 0 Å². The fourth-order valence-corrected chi connectivity index (χ4v) is 2.51. The lowest BCUT2D eigenvalue weighted by atomic mass is 10.2. The lowest BCUT2D eigenvalue weighted by molar-refractivity contribution is 0.102. The largest absolute Gasteiger partial charge is 0.497 e. The average molecular weight is 363 g/mol. The molecule has 3 aromatic rings. The highest BCUT2D eigenvalue weighted by atomic mass is 16.5. The van der Waals surface area contributed by atoms with Gasteiger partial charge in [-0.1, -0.05) is 6.07 Å². The molecular formula is C20H21N5O2. The smallest absolute Gasteiger partial charge is 0.276 e. The number of ether oxygens (including phenoxy) is 1. The molecule has 3 rings (SSSR count). The number of nitrogens with zero attached hydrogens (tertiary/aromatic N) is 4. The van der Waals surface area contributed by atoms with Gasteiger partial charge in [0.2, 0.25) is 0 Å². The van der Waals surface area contributed by atoms with Crippen molar-refractivity contribution in [2.75, 3.05) is 30.9 Å². The second kappa shape index (κ2) is 8.75. The monoisotopic (exact) mass is 363 g/mol. The topological polar surface area (TPSA) is 80.2 Å². The summed E-state index contributed by atoms with van der Waals surface area (Å²) in [4.78, 5) is 18.3. The Bertz CT molecular complexity index is 884. The summed E-state index contributed by atoms with van der Waals surface area (Å²) in [5, 5.41) is 11.0. The summed E-state index contributed by atoms with van der Waals surface area (Å²) in [5.41, 5.74) is 2.10. The van der Waals surface area contributed by atoms with Gasteiger partial charge >= 0.3 is 0 Å². The van der Waals surface area contributed by atoms with Gasteiger partial charge < -0.3 is 15.0 Å². The molecular weight excluding hydrogens is 342 g/mol. The number of nitrogens with one attached hydrogen (secondary N) is 1. The number of aromatic nitrogens is 3. The molecule has 0 spiro atoms. The average Bonchev–Trinajstić information content (AvgIpc) is 2.73. The van der Waals surface area contributed by atoms with Crippen LogP contribution in [0.3, 0.4) is 0 Å². The molecule has 0 saturated heterocycles. The summed E-state index contributed by atoms with van der Waals surface area (Å²) >= 11 is 0. The van der Waals surface area contributed by atoms with Crippen LogP contribution in [-0.4, -0.2) is 41.8 Å². The summed E-state index contributed by atoms with van der Waals surface area (Å²) in [5.74, 6) is 1.06. The Morgan fingerprint density at radius 2 is 1.93 bits per heavy atom. The van der Waals surface area contributed by atoms with Gasteiger partial charge in [0.15, 0.2) is 11.5 Å². The van der Waals surface area contributed by atoms with Gasteiger partial charge in [0, 0.05) is 37.7 Å². The highest BCUT2D eigenvalue weighted by Crippen LogP contribution is 2.17. The van der Waals surface area contributed by atoms with Crippen molar-refractivity contribution in [2.24, 2.45) is 0 Å². The number of pyridine rings is 1. The Morgan fingerprint density at radius 3 is 2.63 bits per heavy atom. The number of methoxy groups -OCH3 is 1. The zero-order valence-corrected chi connectivity index (χ0v) is 15.3. The predicted molar refractivity (Wildman–Crippen MR) is 104 cm³/mol. The first-order chi connectivity index (χ1) is 13.2. The van der Waals surface area contributed by atoms with Gasteiger partial charge in [0.1, 0.15) is 5.75 Å². The van der Waals surface area contributed by atoms with Gasteiger partial charge in [0.25, 0.3) is 5.91 Å². The first-order valence-electron chi connectivity index (χ1n) is 8.55. The van der Waals surface area contributed by atoms with Crippen molar-refractivity contribution in [3.05, 3.63) is 72.2 Å². The first-order valence-corrected chi connectivity index (χ1v) is 8.55. The number of hydrogen-bond donors (Lipinski definition) is 1. The number of anilines is 2. The quantitative estimate of drug-likeness (QED) is 0.695. The molecule has 0 aliphatic heterocycles. The maximum atomic E-state index is 12.3. The number of likely N-dealkylation sites (N-methyl/N-ethyl adjacent to an activating group) is 1. The van der Waals surface area contributed by atoms with Crippen molar-refractivity contribution >= 4 is 17.4 Å². The second-order valence-corrected chi connectivity index (χ2v) is 5.99. The molecule has 1 aromatic carbocycles. The molecule has 7 heteroatoms. The maximum Gasteiger partial charge on any atom is 0.276 e. The van der Waals surface area contributed by atoms with E-state index in [2.05, 4.69) is 20.5 Å². The van der Waals surface area contributed by atoms with Crippen LogP contribution in [0.15, 0.2) is 60.9 Å². The minimum Gasteiger partial charge on any atom is -0.497 e. The molecule has 0 aliphatic carbocycles. The van der Waals surface area contributed by atoms with E-state index in [0.29, 0.717) is 17.3 Å². The summed E-state index contributed by atoms with van der Waals surface area (Å²) in [6.45, 7) is 0.786. The normalized spacial score (nSPS) is 10.3. The molecule has 0 fully saturated rings. The van der Waals surface area contributed by atoms with Gasteiger partial charge in [-0.2, -0.15) is 0 Å². The van der Waals surface area contributed by atoms with Crippen molar-refractivity contribution in [1.82, 2.24) is 15.2 Å². The molecule has 0 atom stereocenters. The third-order valence-electron chi connectivity index (χ3n) is 4.09. The van der Waals surface area contributed by atoms with Gasteiger partial charge in [-0.25, -0.2) is 0 Å².